The van der Waals surface area contributed by atoms with E-state index in [1.54, 1.807) is 51.1 Å². The zero-order valence-corrected chi connectivity index (χ0v) is 24.5. The Morgan fingerprint density at radius 1 is 0.975 bits per heavy atom. The van der Waals surface area contributed by atoms with E-state index < -0.39 is 45.8 Å². The first-order valence-electron chi connectivity index (χ1n) is 12.8. The SMILES string of the molecule is COc1ccc(S(=O)(=O)N(CC(=O)N(Cc2ccccc2F)[C@@H](C)C(=O)NC(C)(C)C)c2ccc(C)cc2)cc1. The maximum atomic E-state index is 14.6. The van der Waals surface area contributed by atoms with Crippen LogP contribution >= 0.6 is 0 Å². The highest BCUT2D eigenvalue weighted by molar-refractivity contribution is 7.92. The van der Waals surface area contributed by atoms with Gasteiger partial charge >= 0.3 is 0 Å². The van der Waals surface area contributed by atoms with Crippen LogP contribution in [-0.4, -0.2) is 50.4 Å². The van der Waals surface area contributed by atoms with Gasteiger partial charge in [0.2, 0.25) is 11.8 Å². The largest absolute Gasteiger partial charge is 0.497 e. The van der Waals surface area contributed by atoms with Crippen LogP contribution in [0.5, 0.6) is 5.75 Å². The molecule has 8 nitrogen and oxygen atoms in total. The Labute approximate surface area is 235 Å². The van der Waals surface area contributed by atoms with Crippen molar-refractivity contribution in [3.05, 3.63) is 89.7 Å². The van der Waals surface area contributed by atoms with Crippen molar-refractivity contribution in [2.75, 3.05) is 18.0 Å². The molecule has 0 aromatic heterocycles. The lowest BCUT2D eigenvalue weighted by Gasteiger charge is -2.33. The fraction of sp³-hybridized carbons (Fsp3) is 0.333. The Morgan fingerprint density at radius 3 is 2.12 bits per heavy atom. The van der Waals surface area contributed by atoms with Crippen molar-refractivity contribution >= 4 is 27.5 Å². The van der Waals surface area contributed by atoms with Gasteiger partial charge in [-0.3, -0.25) is 13.9 Å². The molecule has 0 saturated heterocycles. The number of rotatable bonds is 10. The number of anilines is 1. The number of carbonyl (C=O) groups is 2. The van der Waals surface area contributed by atoms with Crippen LogP contribution in [0, 0.1) is 12.7 Å². The average Bonchev–Trinajstić information content (AvgIpc) is 2.90. The third kappa shape index (κ3) is 7.59. The molecule has 3 rings (SSSR count). The molecule has 1 atom stereocenters. The number of hydrogen-bond donors (Lipinski definition) is 1. The Hall–Kier alpha value is -3.92. The summed E-state index contributed by atoms with van der Waals surface area (Å²) >= 11 is 0. The zero-order valence-electron chi connectivity index (χ0n) is 23.6. The van der Waals surface area contributed by atoms with Gasteiger partial charge in [0.05, 0.1) is 17.7 Å². The average molecular weight is 570 g/mol. The van der Waals surface area contributed by atoms with Gasteiger partial charge in [-0.05, 0) is 77.1 Å². The molecular weight excluding hydrogens is 533 g/mol. The predicted molar refractivity (Wildman–Crippen MR) is 153 cm³/mol. The molecule has 214 valence electrons. The summed E-state index contributed by atoms with van der Waals surface area (Å²) in [7, 11) is -2.75. The summed E-state index contributed by atoms with van der Waals surface area (Å²) < 4.78 is 48.5. The number of nitrogens with one attached hydrogen (secondary N) is 1. The fourth-order valence-corrected chi connectivity index (χ4v) is 5.40. The minimum atomic E-state index is -4.22. The Balaban J connectivity index is 2.04. The van der Waals surface area contributed by atoms with Gasteiger partial charge in [-0.2, -0.15) is 0 Å². The summed E-state index contributed by atoms with van der Waals surface area (Å²) in [5, 5.41) is 2.84. The number of amides is 2. The topological polar surface area (TPSA) is 96.0 Å². The van der Waals surface area contributed by atoms with Crippen molar-refractivity contribution < 1.29 is 27.1 Å². The summed E-state index contributed by atoms with van der Waals surface area (Å²) in [6.45, 7) is 7.98. The van der Waals surface area contributed by atoms with E-state index in [4.69, 9.17) is 4.74 Å². The molecule has 0 aliphatic rings. The molecule has 0 bridgehead atoms. The summed E-state index contributed by atoms with van der Waals surface area (Å²) in [5.74, 6) is -1.17. The normalized spacial score (nSPS) is 12.4. The molecule has 0 aliphatic heterocycles. The van der Waals surface area contributed by atoms with Gasteiger partial charge in [0.25, 0.3) is 10.0 Å². The first-order chi connectivity index (χ1) is 18.7. The number of ether oxygens (including phenoxy) is 1. The molecule has 40 heavy (non-hydrogen) atoms. The standard InChI is InChI=1S/C30H36FN3O5S/c1-21-11-13-24(14-12-21)34(40(37,38)26-17-15-25(39-6)16-18-26)20-28(35)33(19-23-9-7-8-10-27(23)31)22(2)29(36)32-30(3,4)5/h7-18,22H,19-20H2,1-6H3,(H,32,36)/t22-/m0/s1. The highest BCUT2D eigenvalue weighted by atomic mass is 32.2. The van der Waals surface area contributed by atoms with Crippen molar-refractivity contribution in [3.63, 3.8) is 0 Å². The van der Waals surface area contributed by atoms with E-state index in [0.29, 0.717) is 5.75 Å². The molecule has 0 fully saturated rings. The number of halogens is 1. The maximum absolute atomic E-state index is 14.6. The van der Waals surface area contributed by atoms with Gasteiger partial charge < -0.3 is 15.0 Å². The van der Waals surface area contributed by atoms with Crippen molar-refractivity contribution in [2.24, 2.45) is 0 Å². The zero-order chi connectivity index (χ0) is 29.7. The van der Waals surface area contributed by atoms with E-state index >= 15 is 0 Å². The molecule has 0 heterocycles. The summed E-state index contributed by atoms with van der Waals surface area (Å²) in [6.07, 6.45) is 0. The lowest BCUT2D eigenvalue weighted by Crippen LogP contribution is -2.54. The summed E-state index contributed by atoms with van der Waals surface area (Å²) in [6, 6.07) is 17.5. The highest BCUT2D eigenvalue weighted by Crippen LogP contribution is 2.26. The molecule has 3 aromatic rings. The predicted octanol–water partition coefficient (Wildman–Crippen LogP) is 4.67. The van der Waals surface area contributed by atoms with Crippen molar-refractivity contribution in [2.45, 2.75) is 57.6 Å². The number of hydrogen-bond acceptors (Lipinski definition) is 5. The monoisotopic (exact) mass is 569 g/mol. The quantitative estimate of drug-likeness (QED) is 0.383. The van der Waals surface area contributed by atoms with Crippen LogP contribution < -0.4 is 14.4 Å². The first kappa shape index (κ1) is 30.6. The van der Waals surface area contributed by atoms with Crippen molar-refractivity contribution in [3.8, 4) is 5.75 Å². The van der Waals surface area contributed by atoms with E-state index in [1.165, 1.54) is 61.4 Å². The molecule has 0 saturated carbocycles. The van der Waals surface area contributed by atoms with Gasteiger partial charge in [0.1, 0.15) is 24.2 Å². The molecule has 0 unspecified atom stereocenters. The number of carbonyl (C=O) groups excluding carboxylic acids is 2. The van der Waals surface area contributed by atoms with Gasteiger partial charge in [0, 0.05) is 17.6 Å². The number of sulfonamides is 1. The second-order valence-corrected chi connectivity index (χ2v) is 12.4. The smallest absolute Gasteiger partial charge is 0.264 e. The van der Waals surface area contributed by atoms with Crippen LogP contribution in [0.4, 0.5) is 10.1 Å². The van der Waals surface area contributed by atoms with Gasteiger partial charge in [-0.15, -0.1) is 0 Å². The van der Waals surface area contributed by atoms with Crippen LogP contribution in [0.25, 0.3) is 0 Å². The molecule has 0 spiro atoms. The Morgan fingerprint density at radius 2 is 1.57 bits per heavy atom. The van der Waals surface area contributed by atoms with Gasteiger partial charge in [-0.1, -0.05) is 35.9 Å². The van der Waals surface area contributed by atoms with E-state index in [2.05, 4.69) is 5.32 Å². The third-order valence-corrected chi connectivity index (χ3v) is 8.00. The number of nitrogens with zero attached hydrogens (tertiary/aromatic N) is 2. The lowest BCUT2D eigenvalue weighted by molar-refractivity contribution is -0.140. The van der Waals surface area contributed by atoms with Gasteiger partial charge in [0.15, 0.2) is 0 Å². The van der Waals surface area contributed by atoms with Crippen LogP contribution in [0.3, 0.4) is 0 Å². The second kappa shape index (κ2) is 12.5. The number of aryl methyl sites for hydroxylation is 1. The fourth-order valence-electron chi connectivity index (χ4n) is 3.98. The molecule has 0 aliphatic carbocycles. The minimum Gasteiger partial charge on any atom is -0.497 e. The third-order valence-electron chi connectivity index (χ3n) is 6.21. The Kier molecular flexibility index (Phi) is 9.57. The maximum Gasteiger partial charge on any atom is 0.264 e. The minimum absolute atomic E-state index is 0.0409. The van der Waals surface area contributed by atoms with Crippen molar-refractivity contribution in [1.29, 1.82) is 0 Å². The molecule has 1 N–H and O–H groups in total. The summed E-state index contributed by atoms with van der Waals surface area (Å²) in [4.78, 5) is 28.2. The molecule has 3 aromatic carbocycles. The van der Waals surface area contributed by atoms with E-state index in [-0.39, 0.29) is 22.7 Å². The van der Waals surface area contributed by atoms with Crippen LogP contribution in [0.15, 0.2) is 77.7 Å². The van der Waals surface area contributed by atoms with E-state index in [9.17, 15) is 22.4 Å². The highest BCUT2D eigenvalue weighted by Gasteiger charge is 2.33. The van der Waals surface area contributed by atoms with Crippen LogP contribution in [0.2, 0.25) is 0 Å². The van der Waals surface area contributed by atoms with E-state index in [1.807, 2.05) is 6.92 Å². The van der Waals surface area contributed by atoms with Crippen molar-refractivity contribution in [1.82, 2.24) is 10.2 Å². The molecular formula is C30H36FN3O5S. The molecule has 10 heteroatoms. The second-order valence-electron chi connectivity index (χ2n) is 10.6. The van der Waals surface area contributed by atoms with E-state index in [0.717, 1.165) is 9.87 Å². The number of benzene rings is 3. The molecule has 2 amide bonds. The molecule has 0 radical (unpaired) electrons. The lowest BCUT2D eigenvalue weighted by atomic mass is 10.1. The first-order valence-corrected chi connectivity index (χ1v) is 14.3. The Bertz CT molecular complexity index is 1440. The van der Waals surface area contributed by atoms with Crippen LogP contribution in [0.1, 0.15) is 38.8 Å². The van der Waals surface area contributed by atoms with Crippen LogP contribution in [-0.2, 0) is 26.2 Å². The number of methoxy groups -OCH3 is 1. The summed E-state index contributed by atoms with van der Waals surface area (Å²) in [5.41, 5.74) is 0.799. The van der Waals surface area contributed by atoms with Gasteiger partial charge in [-0.25, -0.2) is 12.8 Å².